The van der Waals surface area contributed by atoms with Crippen LogP contribution in [0.4, 0.5) is 11.4 Å². The van der Waals surface area contributed by atoms with Crippen molar-refractivity contribution in [2.24, 2.45) is 7.05 Å². The molecule has 0 unspecified atom stereocenters. The number of benzene rings is 2. The number of methoxy groups -OCH3 is 1. The molecule has 0 spiro atoms. The molecule has 10 heteroatoms. The first-order chi connectivity index (χ1) is 14.2. The summed E-state index contributed by atoms with van der Waals surface area (Å²) in [4.78, 5) is 24.0. The number of hydrogen-bond donors (Lipinski definition) is 1. The van der Waals surface area contributed by atoms with Crippen molar-refractivity contribution in [3.8, 4) is 5.75 Å². The van der Waals surface area contributed by atoms with Gasteiger partial charge in [0, 0.05) is 31.8 Å². The van der Waals surface area contributed by atoms with Crippen LogP contribution in [-0.2, 0) is 21.9 Å². The Morgan fingerprint density at radius 2 is 2.00 bits per heavy atom. The Hall–Kier alpha value is -2.85. The molecule has 3 rings (SSSR count). The second kappa shape index (κ2) is 8.88. The number of hydrogen-bond acceptors (Lipinski definition) is 6. The van der Waals surface area contributed by atoms with E-state index in [0.717, 1.165) is 27.8 Å². The number of sulfonamides is 1. The monoisotopic (exact) mass is 449 g/mol. The topological polar surface area (TPSA) is 97.7 Å². The van der Waals surface area contributed by atoms with E-state index in [-0.39, 0.29) is 23.7 Å². The third-order valence-corrected chi connectivity index (χ3v) is 6.77. The average molecular weight is 450 g/mol. The van der Waals surface area contributed by atoms with Gasteiger partial charge < -0.3 is 14.6 Å². The first-order valence-corrected chi connectivity index (χ1v) is 11.9. The molecule has 3 aromatic rings. The molecule has 30 heavy (non-hydrogen) atoms. The fourth-order valence-electron chi connectivity index (χ4n) is 3.07. The minimum Gasteiger partial charge on any atom is -0.497 e. The number of ether oxygens (including phenoxy) is 1. The van der Waals surface area contributed by atoms with E-state index in [0.29, 0.717) is 23.5 Å². The predicted molar refractivity (Wildman–Crippen MR) is 120 cm³/mol. The second-order valence-electron chi connectivity index (χ2n) is 6.80. The molecule has 0 bridgehead atoms. The van der Waals surface area contributed by atoms with Gasteiger partial charge in [-0.05, 0) is 36.8 Å². The summed E-state index contributed by atoms with van der Waals surface area (Å²) in [5.41, 5.74) is 1.90. The van der Waals surface area contributed by atoms with Gasteiger partial charge >= 0.3 is 4.87 Å². The van der Waals surface area contributed by atoms with Crippen LogP contribution in [0.1, 0.15) is 12.8 Å². The number of aromatic nitrogens is 1. The highest BCUT2D eigenvalue weighted by molar-refractivity contribution is 7.92. The van der Waals surface area contributed by atoms with Crippen molar-refractivity contribution in [2.45, 2.75) is 12.8 Å². The van der Waals surface area contributed by atoms with Gasteiger partial charge in [0.2, 0.25) is 15.9 Å². The van der Waals surface area contributed by atoms with Crippen LogP contribution in [0.25, 0.3) is 10.2 Å². The van der Waals surface area contributed by atoms with Gasteiger partial charge in [0.1, 0.15) is 5.75 Å². The van der Waals surface area contributed by atoms with Crippen LogP contribution in [0.2, 0.25) is 0 Å². The fourth-order valence-corrected chi connectivity index (χ4v) is 4.95. The van der Waals surface area contributed by atoms with Crippen molar-refractivity contribution >= 4 is 48.9 Å². The van der Waals surface area contributed by atoms with Gasteiger partial charge in [0.05, 0.1) is 29.3 Å². The molecule has 8 nitrogen and oxygen atoms in total. The molecular weight excluding hydrogens is 426 g/mol. The Kier molecular flexibility index (Phi) is 6.47. The maximum atomic E-state index is 12.3. The highest BCUT2D eigenvalue weighted by Crippen LogP contribution is 2.24. The number of aryl methyl sites for hydroxylation is 1. The summed E-state index contributed by atoms with van der Waals surface area (Å²) in [5.74, 6) is 0.328. The summed E-state index contributed by atoms with van der Waals surface area (Å²) in [7, 11) is -0.293. The van der Waals surface area contributed by atoms with E-state index in [1.807, 2.05) is 0 Å². The summed E-state index contributed by atoms with van der Waals surface area (Å²) in [5, 5.41) is 2.80. The van der Waals surface area contributed by atoms with Crippen LogP contribution in [0, 0.1) is 0 Å². The summed E-state index contributed by atoms with van der Waals surface area (Å²) in [6.07, 6.45) is 1.63. The van der Waals surface area contributed by atoms with Crippen LogP contribution >= 0.6 is 11.3 Å². The lowest BCUT2D eigenvalue weighted by molar-refractivity contribution is -0.116. The third-order valence-electron chi connectivity index (χ3n) is 4.58. The number of anilines is 2. The first kappa shape index (κ1) is 21.8. The van der Waals surface area contributed by atoms with Crippen LogP contribution in [0.15, 0.2) is 47.3 Å². The number of amides is 1. The standard InChI is InChI=1S/C20H23N3O5S2/c1-22-17-10-9-14(12-18(17)29-20(22)25)21-19(24)8-5-11-23(30(3,26)27)15-6-4-7-16(13-15)28-2/h4,6-7,9-10,12-13H,5,8,11H2,1-3H3,(H,21,24). The number of thiazole rings is 1. The Morgan fingerprint density at radius 3 is 2.70 bits per heavy atom. The SMILES string of the molecule is COc1cccc(N(CCCC(=O)Nc2ccc3c(c2)sc(=O)n3C)S(C)(=O)=O)c1. The van der Waals surface area contributed by atoms with Crippen molar-refractivity contribution in [1.29, 1.82) is 0 Å². The van der Waals surface area contributed by atoms with E-state index in [9.17, 15) is 18.0 Å². The van der Waals surface area contributed by atoms with E-state index in [1.54, 1.807) is 54.1 Å². The van der Waals surface area contributed by atoms with Gasteiger partial charge in [-0.2, -0.15) is 0 Å². The molecule has 0 fully saturated rings. The lowest BCUT2D eigenvalue weighted by atomic mass is 10.2. The smallest absolute Gasteiger partial charge is 0.307 e. The van der Waals surface area contributed by atoms with Gasteiger partial charge in [-0.3, -0.25) is 13.9 Å². The highest BCUT2D eigenvalue weighted by atomic mass is 32.2. The van der Waals surface area contributed by atoms with E-state index in [4.69, 9.17) is 4.74 Å². The predicted octanol–water partition coefficient (Wildman–Crippen LogP) is 2.79. The maximum absolute atomic E-state index is 12.3. The van der Waals surface area contributed by atoms with E-state index in [1.165, 1.54) is 11.4 Å². The lowest BCUT2D eigenvalue weighted by Gasteiger charge is -2.22. The summed E-state index contributed by atoms with van der Waals surface area (Å²) >= 11 is 1.12. The van der Waals surface area contributed by atoms with E-state index in [2.05, 4.69) is 5.32 Å². The number of carbonyl (C=O) groups is 1. The molecule has 0 aliphatic carbocycles. The van der Waals surface area contributed by atoms with Crippen LogP contribution < -0.4 is 19.2 Å². The Labute approximate surface area is 178 Å². The Bertz CT molecular complexity index is 1230. The number of carbonyl (C=O) groups excluding carboxylic acids is 1. The number of fused-ring (bicyclic) bond motifs is 1. The van der Waals surface area contributed by atoms with Gasteiger partial charge in [0.25, 0.3) is 0 Å². The van der Waals surface area contributed by atoms with Gasteiger partial charge in [-0.1, -0.05) is 17.4 Å². The molecule has 1 N–H and O–H groups in total. The molecule has 1 heterocycles. The quantitative estimate of drug-likeness (QED) is 0.570. The minimum atomic E-state index is -3.51. The summed E-state index contributed by atoms with van der Waals surface area (Å²) < 4.78 is 33.2. The zero-order valence-electron chi connectivity index (χ0n) is 16.9. The van der Waals surface area contributed by atoms with Crippen LogP contribution in [0.5, 0.6) is 5.75 Å². The molecule has 0 aliphatic heterocycles. The van der Waals surface area contributed by atoms with E-state index < -0.39 is 10.0 Å². The highest BCUT2D eigenvalue weighted by Gasteiger charge is 2.18. The van der Waals surface area contributed by atoms with Crippen molar-refractivity contribution in [2.75, 3.05) is 29.5 Å². The van der Waals surface area contributed by atoms with Gasteiger partial charge in [-0.15, -0.1) is 0 Å². The Balaban J connectivity index is 1.63. The van der Waals surface area contributed by atoms with Gasteiger partial charge in [-0.25, -0.2) is 8.42 Å². The maximum Gasteiger partial charge on any atom is 0.307 e. The number of nitrogens with one attached hydrogen (secondary N) is 1. The van der Waals surface area contributed by atoms with E-state index >= 15 is 0 Å². The second-order valence-corrected chi connectivity index (χ2v) is 9.70. The van der Waals surface area contributed by atoms with Crippen molar-refractivity contribution in [3.63, 3.8) is 0 Å². The van der Waals surface area contributed by atoms with Gasteiger partial charge in [0.15, 0.2) is 0 Å². The summed E-state index contributed by atoms with van der Waals surface area (Å²) in [6.45, 7) is 0.165. The average Bonchev–Trinajstić information content (AvgIpc) is 2.97. The Morgan fingerprint density at radius 1 is 1.23 bits per heavy atom. The zero-order chi connectivity index (χ0) is 21.9. The molecule has 0 atom stereocenters. The first-order valence-electron chi connectivity index (χ1n) is 9.20. The molecule has 2 aromatic carbocycles. The van der Waals surface area contributed by atoms with Crippen LogP contribution in [-0.4, -0.2) is 38.8 Å². The molecule has 0 aliphatic rings. The fraction of sp³-hybridized carbons (Fsp3) is 0.300. The molecule has 1 aromatic heterocycles. The third kappa shape index (κ3) is 5.00. The number of nitrogens with zero attached hydrogens (tertiary/aromatic N) is 2. The minimum absolute atomic E-state index is 0.0631. The normalized spacial score (nSPS) is 11.4. The number of rotatable bonds is 8. The zero-order valence-corrected chi connectivity index (χ0v) is 18.5. The van der Waals surface area contributed by atoms with Crippen molar-refractivity contribution < 1.29 is 17.9 Å². The summed E-state index contributed by atoms with van der Waals surface area (Å²) in [6, 6.07) is 12.1. The molecule has 0 saturated carbocycles. The molecule has 0 saturated heterocycles. The molecule has 160 valence electrons. The van der Waals surface area contributed by atoms with Crippen molar-refractivity contribution in [1.82, 2.24) is 4.57 Å². The van der Waals surface area contributed by atoms with Crippen LogP contribution in [0.3, 0.4) is 0 Å². The lowest BCUT2D eigenvalue weighted by Crippen LogP contribution is -2.31. The molecule has 1 amide bonds. The molecule has 0 radical (unpaired) electrons. The largest absolute Gasteiger partial charge is 0.497 e. The molecular formula is C20H23N3O5S2. The van der Waals surface area contributed by atoms with Crippen molar-refractivity contribution in [3.05, 3.63) is 52.1 Å².